The fraction of sp³-hybridized carbons (Fsp3) is 0.625. The maximum Gasteiger partial charge on any atom is 0.299 e. The van der Waals surface area contributed by atoms with Gasteiger partial charge in [-0.05, 0) is 50.8 Å². The van der Waals surface area contributed by atoms with Crippen molar-refractivity contribution in [3.63, 3.8) is 0 Å². The third kappa shape index (κ3) is 6.27. The summed E-state index contributed by atoms with van der Waals surface area (Å²) >= 11 is 0. The lowest BCUT2D eigenvalue weighted by Crippen LogP contribution is -2.14. The number of aryl methyl sites for hydroxylation is 1. The van der Waals surface area contributed by atoms with Crippen LogP contribution < -0.4 is 0 Å². The Balaban J connectivity index is 3.06. The molecule has 0 amide bonds. The topological polar surface area (TPSA) is 71.3 Å². The van der Waals surface area contributed by atoms with E-state index >= 15 is 0 Å². The Labute approximate surface area is 139 Å². The summed E-state index contributed by atoms with van der Waals surface area (Å²) in [5, 5.41) is 9.95. The van der Waals surface area contributed by atoms with Crippen molar-refractivity contribution in [3.05, 3.63) is 23.8 Å². The van der Waals surface area contributed by atoms with Crippen LogP contribution in [0.3, 0.4) is 0 Å². The van der Waals surface area contributed by atoms with E-state index in [-0.39, 0.29) is 11.5 Å². The maximum absolute atomic E-state index is 12.4. The molecule has 0 aliphatic rings. The van der Waals surface area contributed by atoms with Crippen molar-refractivity contribution in [1.82, 2.24) is 5.01 Å². The Hall–Kier alpha value is -1.47. The molecule has 0 bridgehead atoms. The quantitative estimate of drug-likeness (QED) is 0.385. The zero-order chi connectivity index (χ0) is 17.5. The van der Waals surface area contributed by atoms with E-state index in [1.165, 1.54) is 6.07 Å². The molecule has 0 fully saturated rings. The predicted octanol–water partition coefficient (Wildman–Crippen LogP) is 4.09. The molecule has 0 unspecified atom stereocenters. The number of nitrogens with zero attached hydrogens (tertiary/aromatic N) is 3. The fourth-order valence-corrected chi connectivity index (χ4v) is 2.87. The zero-order valence-corrected chi connectivity index (χ0v) is 15.4. The number of hydrogen-bond donors (Lipinski definition) is 0. The smallest absolute Gasteiger partial charge is 0.279 e. The van der Waals surface area contributed by atoms with Gasteiger partial charge in [-0.25, -0.2) is 0 Å². The first-order valence-electron chi connectivity index (χ1n) is 7.96. The Bertz CT molecular complexity index is 623. The van der Waals surface area contributed by atoms with Crippen LogP contribution in [-0.4, -0.2) is 33.1 Å². The third-order valence-corrected chi connectivity index (χ3v) is 4.69. The highest BCUT2D eigenvalue weighted by Gasteiger charge is 2.20. The molecule has 23 heavy (non-hydrogen) atoms. The number of hydrogen-bond acceptors (Lipinski definition) is 5. The minimum absolute atomic E-state index is 0.0581. The lowest BCUT2D eigenvalue weighted by atomic mass is 10.2. The molecular weight excluding hydrogens is 314 g/mol. The van der Waals surface area contributed by atoms with E-state index in [2.05, 4.69) is 10.3 Å². The average Bonchev–Trinajstić information content (AvgIpc) is 2.47. The molecule has 0 spiro atoms. The second-order valence-electron chi connectivity index (χ2n) is 5.76. The van der Waals surface area contributed by atoms with Gasteiger partial charge in [0.1, 0.15) is 10.6 Å². The molecule has 0 radical (unpaired) electrons. The first-order chi connectivity index (χ1) is 10.8. The van der Waals surface area contributed by atoms with Crippen molar-refractivity contribution < 1.29 is 12.6 Å². The van der Waals surface area contributed by atoms with Crippen molar-refractivity contribution in [2.45, 2.75) is 45.9 Å². The van der Waals surface area contributed by atoms with E-state index in [0.29, 0.717) is 31.1 Å². The van der Waals surface area contributed by atoms with Gasteiger partial charge in [0, 0.05) is 13.1 Å². The van der Waals surface area contributed by atoms with Gasteiger partial charge in [0.15, 0.2) is 0 Å². The van der Waals surface area contributed by atoms with Crippen molar-refractivity contribution >= 4 is 15.8 Å². The predicted molar refractivity (Wildman–Crippen MR) is 91.2 cm³/mol. The molecule has 0 N–H and O–H groups in total. The molecule has 6 nitrogen and oxygen atoms in total. The van der Waals surface area contributed by atoms with Gasteiger partial charge in [0.25, 0.3) is 10.1 Å². The SMILES string of the molecule is CCN(CC)N=Nc1cc(C)ccc1S(=O)(=O)OCCC(C)C. The van der Waals surface area contributed by atoms with E-state index in [4.69, 9.17) is 4.18 Å². The molecule has 1 aromatic carbocycles. The Morgan fingerprint density at radius 3 is 2.43 bits per heavy atom. The molecule has 130 valence electrons. The summed E-state index contributed by atoms with van der Waals surface area (Å²) in [4.78, 5) is 0.0581. The Kier molecular flexibility index (Phi) is 7.64. The van der Waals surface area contributed by atoms with Gasteiger partial charge in [0.2, 0.25) is 0 Å². The first-order valence-corrected chi connectivity index (χ1v) is 9.37. The summed E-state index contributed by atoms with van der Waals surface area (Å²) in [5.41, 5.74) is 1.22. The van der Waals surface area contributed by atoms with Crippen molar-refractivity contribution in [3.8, 4) is 0 Å². The van der Waals surface area contributed by atoms with E-state index in [0.717, 1.165) is 5.56 Å². The van der Waals surface area contributed by atoms with E-state index in [9.17, 15) is 8.42 Å². The maximum atomic E-state index is 12.4. The third-order valence-electron chi connectivity index (χ3n) is 3.33. The van der Waals surface area contributed by atoms with Gasteiger partial charge in [-0.1, -0.05) is 25.1 Å². The van der Waals surface area contributed by atoms with Gasteiger partial charge < -0.3 is 0 Å². The minimum Gasteiger partial charge on any atom is -0.279 e. The molecule has 1 rings (SSSR count). The highest BCUT2D eigenvalue weighted by atomic mass is 32.2. The second kappa shape index (κ2) is 8.98. The van der Waals surface area contributed by atoms with Gasteiger partial charge in [-0.3, -0.25) is 9.19 Å². The van der Waals surface area contributed by atoms with Crippen LogP contribution in [0.4, 0.5) is 5.69 Å². The molecule has 7 heteroatoms. The van der Waals surface area contributed by atoms with Crippen LogP contribution in [0.2, 0.25) is 0 Å². The van der Waals surface area contributed by atoms with Crippen molar-refractivity contribution in [1.29, 1.82) is 0 Å². The van der Waals surface area contributed by atoms with E-state index in [1.54, 1.807) is 17.1 Å². The van der Waals surface area contributed by atoms with Crippen LogP contribution in [0.5, 0.6) is 0 Å². The molecule has 1 aromatic rings. The van der Waals surface area contributed by atoms with E-state index < -0.39 is 10.1 Å². The zero-order valence-electron chi connectivity index (χ0n) is 14.6. The Morgan fingerprint density at radius 2 is 1.87 bits per heavy atom. The Morgan fingerprint density at radius 1 is 1.22 bits per heavy atom. The lowest BCUT2D eigenvalue weighted by Gasteiger charge is -2.13. The fourth-order valence-electron chi connectivity index (χ4n) is 1.84. The highest BCUT2D eigenvalue weighted by molar-refractivity contribution is 7.87. The monoisotopic (exact) mass is 341 g/mol. The normalized spacial score (nSPS) is 12.3. The standard InChI is InChI=1S/C16H27N3O3S/c1-6-19(7-2)18-17-15-12-14(5)8-9-16(15)23(20,21)22-11-10-13(3)4/h8-9,12-13H,6-7,10-11H2,1-5H3. The van der Waals surface area contributed by atoms with Crippen LogP contribution in [0.1, 0.15) is 39.7 Å². The molecule has 0 atom stereocenters. The first kappa shape index (κ1) is 19.6. The summed E-state index contributed by atoms with van der Waals surface area (Å²) in [7, 11) is -3.84. The van der Waals surface area contributed by atoms with Crippen molar-refractivity contribution in [2.75, 3.05) is 19.7 Å². The number of benzene rings is 1. The average molecular weight is 341 g/mol. The van der Waals surface area contributed by atoms with E-state index in [1.807, 2.05) is 34.6 Å². The van der Waals surface area contributed by atoms with Crippen molar-refractivity contribution in [2.24, 2.45) is 16.3 Å². The van der Waals surface area contributed by atoms with Crippen LogP contribution >= 0.6 is 0 Å². The van der Waals surface area contributed by atoms with Crippen LogP contribution in [0.15, 0.2) is 33.4 Å². The summed E-state index contributed by atoms with van der Waals surface area (Å²) < 4.78 is 29.9. The molecule has 0 heterocycles. The summed E-state index contributed by atoms with van der Waals surface area (Å²) in [6.07, 6.45) is 0.682. The second-order valence-corrected chi connectivity index (χ2v) is 7.34. The van der Waals surface area contributed by atoms with Gasteiger partial charge in [-0.2, -0.15) is 8.42 Å². The minimum atomic E-state index is -3.84. The highest BCUT2D eigenvalue weighted by Crippen LogP contribution is 2.28. The largest absolute Gasteiger partial charge is 0.299 e. The summed E-state index contributed by atoms with van der Waals surface area (Å²) in [6, 6.07) is 4.96. The van der Waals surface area contributed by atoms with Gasteiger partial charge >= 0.3 is 0 Å². The lowest BCUT2D eigenvalue weighted by molar-refractivity contribution is 0.292. The van der Waals surface area contributed by atoms with Crippen LogP contribution in [-0.2, 0) is 14.3 Å². The van der Waals surface area contributed by atoms with Gasteiger partial charge in [-0.15, -0.1) is 5.11 Å². The van der Waals surface area contributed by atoms with Gasteiger partial charge in [0.05, 0.1) is 6.61 Å². The molecule has 0 saturated carbocycles. The van der Waals surface area contributed by atoms with Crippen LogP contribution in [0.25, 0.3) is 0 Å². The molecule has 0 aliphatic carbocycles. The molecule has 0 saturated heterocycles. The molecular formula is C16H27N3O3S. The molecule has 0 aliphatic heterocycles. The summed E-state index contributed by atoms with van der Waals surface area (Å²) in [6.45, 7) is 11.4. The molecule has 0 aromatic heterocycles. The summed E-state index contributed by atoms with van der Waals surface area (Å²) in [5.74, 6) is 0.380. The van der Waals surface area contributed by atoms with Crippen LogP contribution in [0, 0.1) is 12.8 Å². The number of rotatable bonds is 9.